The molecule has 1 aromatic carbocycles. The zero-order valence-corrected chi connectivity index (χ0v) is 10.7. The van der Waals surface area contributed by atoms with Crippen molar-refractivity contribution in [2.45, 2.75) is 6.92 Å². The molecule has 0 bridgehead atoms. The summed E-state index contributed by atoms with van der Waals surface area (Å²) in [4.78, 5) is 16.1. The van der Waals surface area contributed by atoms with Gasteiger partial charge in [0.15, 0.2) is 0 Å². The van der Waals surface area contributed by atoms with Crippen LogP contribution in [0.25, 0.3) is 0 Å². The van der Waals surface area contributed by atoms with E-state index in [1.54, 1.807) is 25.1 Å². The second-order valence-electron chi connectivity index (χ2n) is 3.56. The van der Waals surface area contributed by atoms with Crippen molar-refractivity contribution in [3.63, 3.8) is 0 Å². The standard InChI is InChI=1S/C11H12N4O2S/c1-6-13-11(18-15-6)14-10(16)8-4-3-7(12)5-9(8)17-2/h3-5H,12H2,1-2H3,(H,13,14,15,16). The Bertz CT molecular complexity index is 582. The molecule has 1 amide bonds. The number of nitrogens with one attached hydrogen (secondary N) is 1. The maximum atomic E-state index is 12.0. The van der Waals surface area contributed by atoms with Crippen LogP contribution in [0.3, 0.4) is 0 Å². The van der Waals surface area contributed by atoms with Crippen LogP contribution >= 0.6 is 11.5 Å². The second-order valence-corrected chi connectivity index (χ2v) is 4.31. The van der Waals surface area contributed by atoms with Crippen molar-refractivity contribution in [3.8, 4) is 5.75 Å². The molecule has 0 saturated heterocycles. The predicted octanol–water partition coefficient (Wildman–Crippen LogP) is 1.69. The number of nitrogen functional groups attached to an aromatic ring is 1. The van der Waals surface area contributed by atoms with Gasteiger partial charge in [-0.2, -0.15) is 4.37 Å². The van der Waals surface area contributed by atoms with E-state index in [1.807, 2.05) is 0 Å². The molecule has 7 heteroatoms. The van der Waals surface area contributed by atoms with Gasteiger partial charge in [-0.25, -0.2) is 4.98 Å². The van der Waals surface area contributed by atoms with Crippen LogP contribution in [0, 0.1) is 6.92 Å². The topological polar surface area (TPSA) is 90.1 Å². The third kappa shape index (κ3) is 2.57. The van der Waals surface area contributed by atoms with Crippen LogP contribution in [0.4, 0.5) is 10.8 Å². The van der Waals surface area contributed by atoms with Crippen LogP contribution in [0.2, 0.25) is 0 Å². The minimum atomic E-state index is -0.303. The van der Waals surface area contributed by atoms with E-state index in [-0.39, 0.29) is 5.91 Å². The molecule has 1 heterocycles. The van der Waals surface area contributed by atoms with Crippen molar-refractivity contribution in [1.82, 2.24) is 9.36 Å². The number of hydrogen-bond acceptors (Lipinski definition) is 6. The van der Waals surface area contributed by atoms with Crippen molar-refractivity contribution < 1.29 is 9.53 Å². The Morgan fingerprint density at radius 2 is 2.28 bits per heavy atom. The summed E-state index contributed by atoms with van der Waals surface area (Å²) in [5.74, 6) is 0.747. The first-order valence-electron chi connectivity index (χ1n) is 5.15. The molecule has 0 atom stereocenters. The fourth-order valence-electron chi connectivity index (χ4n) is 1.41. The fourth-order valence-corrected chi connectivity index (χ4v) is 1.98. The number of hydrogen-bond donors (Lipinski definition) is 2. The van der Waals surface area contributed by atoms with E-state index in [9.17, 15) is 4.79 Å². The number of methoxy groups -OCH3 is 1. The molecule has 0 aliphatic heterocycles. The van der Waals surface area contributed by atoms with Crippen molar-refractivity contribution in [1.29, 1.82) is 0 Å². The molecular formula is C11H12N4O2S. The molecule has 0 saturated carbocycles. The second kappa shape index (κ2) is 5.01. The number of aryl methyl sites for hydroxylation is 1. The Balaban J connectivity index is 2.23. The number of ether oxygens (including phenoxy) is 1. The zero-order valence-electron chi connectivity index (χ0n) is 9.93. The summed E-state index contributed by atoms with van der Waals surface area (Å²) < 4.78 is 9.10. The van der Waals surface area contributed by atoms with Gasteiger partial charge in [-0.05, 0) is 19.1 Å². The molecular weight excluding hydrogens is 252 g/mol. The number of rotatable bonds is 3. The Morgan fingerprint density at radius 3 is 2.89 bits per heavy atom. The average molecular weight is 264 g/mol. The molecule has 0 aliphatic rings. The van der Waals surface area contributed by atoms with Crippen LogP contribution in [0.15, 0.2) is 18.2 Å². The number of amides is 1. The van der Waals surface area contributed by atoms with E-state index in [4.69, 9.17) is 10.5 Å². The number of benzene rings is 1. The quantitative estimate of drug-likeness (QED) is 0.823. The van der Waals surface area contributed by atoms with E-state index in [1.165, 1.54) is 7.11 Å². The summed E-state index contributed by atoms with van der Waals surface area (Å²) in [5.41, 5.74) is 6.57. The normalized spacial score (nSPS) is 10.1. The first-order chi connectivity index (χ1) is 8.60. The third-order valence-electron chi connectivity index (χ3n) is 2.22. The molecule has 3 N–H and O–H groups in total. The minimum Gasteiger partial charge on any atom is -0.496 e. The summed E-state index contributed by atoms with van der Waals surface area (Å²) >= 11 is 1.13. The van der Waals surface area contributed by atoms with Gasteiger partial charge in [0.05, 0.1) is 12.7 Å². The van der Waals surface area contributed by atoms with Crippen molar-refractivity contribution in [2.24, 2.45) is 0 Å². The van der Waals surface area contributed by atoms with Gasteiger partial charge in [0.25, 0.3) is 5.91 Å². The van der Waals surface area contributed by atoms with E-state index in [2.05, 4.69) is 14.7 Å². The lowest BCUT2D eigenvalue weighted by Crippen LogP contribution is -2.13. The number of carbonyl (C=O) groups excluding carboxylic acids is 1. The maximum Gasteiger partial charge on any atom is 0.261 e. The average Bonchev–Trinajstić information content (AvgIpc) is 2.74. The lowest BCUT2D eigenvalue weighted by Gasteiger charge is -2.08. The first-order valence-corrected chi connectivity index (χ1v) is 5.92. The molecule has 2 aromatic rings. The monoisotopic (exact) mass is 264 g/mol. The molecule has 6 nitrogen and oxygen atoms in total. The van der Waals surface area contributed by atoms with Gasteiger partial charge in [0.2, 0.25) is 5.13 Å². The van der Waals surface area contributed by atoms with Crippen LogP contribution in [0.5, 0.6) is 5.75 Å². The highest BCUT2D eigenvalue weighted by molar-refractivity contribution is 7.09. The van der Waals surface area contributed by atoms with Gasteiger partial charge in [0, 0.05) is 23.3 Å². The lowest BCUT2D eigenvalue weighted by atomic mass is 10.1. The van der Waals surface area contributed by atoms with E-state index in [0.717, 1.165) is 11.5 Å². The van der Waals surface area contributed by atoms with Crippen LogP contribution in [-0.2, 0) is 0 Å². The summed E-state index contributed by atoms with van der Waals surface area (Å²) in [7, 11) is 1.49. The molecule has 0 radical (unpaired) electrons. The van der Waals surface area contributed by atoms with E-state index < -0.39 is 0 Å². The zero-order chi connectivity index (χ0) is 13.1. The lowest BCUT2D eigenvalue weighted by molar-refractivity contribution is 0.102. The van der Waals surface area contributed by atoms with E-state index >= 15 is 0 Å². The van der Waals surface area contributed by atoms with Gasteiger partial charge in [-0.1, -0.05) is 0 Å². The highest BCUT2D eigenvalue weighted by Gasteiger charge is 2.14. The summed E-state index contributed by atoms with van der Waals surface area (Å²) in [6, 6.07) is 4.85. The van der Waals surface area contributed by atoms with Crippen LogP contribution in [-0.4, -0.2) is 22.4 Å². The fraction of sp³-hybridized carbons (Fsp3) is 0.182. The number of nitrogens with two attached hydrogens (primary N) is 1. The summed E-state index contributed by atoms with van der Waals surface area (Å²) in [6.07, 6.45) is 0. The van der Waals surface area contributed by atoms with Gasteiger partial charge in [0.1, 0.15) is 11.6 Å². The Kier molecular flexibility index (Phi) is 3.42. The maximum absolute atomic E-state index is 12.0. The molecule has 0 unspecified atom stereocenters. The molecule has 18 heavy (non-hydrogen) atoms. The molecule has 0 spiro atoms. The molecule has 2 rings (SSSR count). The highest BCUT2D eigenvalue weighted by atomic mass is 32.1. The number of carbonyl (C=O) groups is 1. The Hall–Kier alpha value is -2.15. The first kappa shape index (κ1) is 12.3. The van der Waals surface area contributed by atoms with E-state index in [0.29, 0.717) is 28.0 Å². The molecule has 0 fully saturated rings. The number of nitrogens with zero attached hydrogens (tertiary/aromatic N) is 2. The smallest absolute Gasteiger partial charge is 0.261 e. The van der Waals surface area contributed by atoms with Crippen molar-refractivity contribution in [2.75, 3.05) is 18.2 Å². The largest absolute Gasteiger partial charge is 0.496 e. The van der Waals surface area contributed by atoms with Gasteiger partial charge in [-0.15, -0.1) is 0 Å². The van der Waals surface area contributed by atoms with Crippen molar-refractivity contribution in [3.05, 3.63) is 29.6 Å². The Morgan fingerprint density at radius 1 is 1.50 bits per heavy atom. The number of anilines is 2. The van der Waals surface area contributed by atoms with Crippen LogP contribution in [0.1, 0.15) is 16.2 Å². The third-order valence-corrected chi connectivity index (χ3v) is 2.94. The summed E-state index contributed by atoms with van der Waals surface area (Å²) in [5, 5.41) is 3.11. The van der Waals surface area contributed by atoms with Gasteiger partial charge in [-0.3, -0.25) is 10.1 Å². The highest BCUT2D eigenvalue weighted by Crippen LogP contribution is 2.23. The predicted molar refractivity (Wildman–Crippen MR) is 70.0 cm³/mol. The van der Waals surface area contributed by atoms with Crippen molar-refractivity contribution >= 4 is 28.3 Å². The molecule has 1 aromatic heterocycles. The minimum absolute atomic E-state index is 0.303. The Labute approximate surface area is 108 Å². The van der Waals surface area contributed by atoms with Gasteiger partial charge < -0.3 is 10.5 Å². The SMILES string of the molecule is COc1cc(N)ccc1C(=O)Nc1nc(C)ns1. The molecule has 0 aliphatic carbocycles. The van der Waals surface area contributed by atoms with Crippen LogP contribution < -0.4 is 15.8 Å². The summed E-state index contributed by atoms with van der Waals surface area (Å²) in [6.45, 7) is 1.76. The van der Waals surface area contributed by atoms with Gasteiger partial charge >= 0.3 is 0 Å². The molecule has 94 valence electrons. The number of aromatic nitrogens is 2.